The second-order valence-corrected chi connectivity index (χ2v) is 7.30. The van der Waals surface area contributed by atoms with Crippen LogP contribution in [0.3, 0.4) is 0 Å². The molecule has 0 unspecified atom stereocenters. The monoisotopic (exact) mass is 477 g/mol. The van der Waals surface area contributed by atoms with Crippen molar-refractivity contribution in [2.24, 2.45) is 0 Å². The van der Waals surface area contributed by atoms with E-state index in [1.54, 1.807) is 12.3 Å². The quantitative estimate of drug-likeness (QED) is 0.395. The van der Waals surface area contributed by atoms with Gasteiger partial charge in [0.1, 0.15) is 5.82 Å². The predicted molar refractivity (Wildman–Crippen MR) is 119 cm³/mol. The Labute approximate surface area is 192 Å². The first-order valence-corrected chi connectivity index (χ1v) is 9.93. The summed E-state index contributed by atoms with van der Waals surface area (Å²) in [6.07, 6.45) is -1.62. The lowest BCUT2D eigenvalue weighted by Gasteiger charge is -2.15. The van der Waals surface area contributed by atoms with Crippen molar-refractivity contribution in [3.05, 3.63) is 76.1 Å². The summed E-state index contributed by atoms with van der Waals surface area (Å²) >= 11 is 6.42. The Kier molecular flexibility index (Phi) is 7.17. The third kappa shape index (κ3) is 5.78. The summed E-state index contributed by atoms with van der Waals surface area (Å²) in [5, 5.41) is 13.6. The van der Waals surface area contributed by atoms with Gasteiger partial charge in [-0.15, -0.1) is 0 Å². The Balaban J connectivity index is 1.79. The number of carbonyl (C=O) groups is 1. The number of aromatic nitrogens is 2. The number of hydrogen-bond donors (Lipinski definition) is 3. The summed E-state index contributed by atoms with van der Waals surface area (Å²) in [5.41, 5.74) is 0.447. The number of methoxy groups -OCH3 is 1. The van der Waals surface area contributed by atoms with E-state index in [9.17, 15) is 18.0 Å². The van der Waals surface area contributed by atoms with Gasteiger partial charge in [0.25, 0.3) is 5.91 Å². The normalized spacial score (nSPS) is 11.1. The van der Waals surface area contributed by atoms with E-state index < -0.39 is 17.6 Å². The second-order valence-electron chi connectivity index (χ2n) is 6.93. The van der Waals surface area contributed by atoms with Crippen LogP contribution in [0.1, 0.15) is 34.0 Å². The van der Waals surface area contributed by atoms with E-state index in [-0.39, 0.29) is 27.5 Å². The predicted octanol–water partition coefficient (Wildman–Crippen LogP) is 5.41. The molecule has 172 valence electrons. The number of rotatable bonds is 7. The van der Waals surface area contributed by atoms with Gasteiger partial charge in [0.05, 0.1) is 28.8 Å². The summed E-state index contributed by atoms with van der Waals surface area (Å²) in [6.45, 7) is 1.83. The molecule has 0 radical (unpaired) electrons. The maximum Gasteiger partial charge on any atom is 0.416 e. The molecule has 11 heteroatoms. The van der Waals surface area contributed by atoms with E-state index in [4.69, 9.17) is 21.7 Å². The number of nitrogens with zero attached hydrogens (tertiary/aromatic N) is 2. The maximum atomic E-state index is 12.7. The van der Waals surface area contributed by atoms with Crippen molar-refractivity contribution >= 4 is 34.7 Å². The van der Waals surface area contributed by atoms with Crippen LogP contribution in [0, 0.1) is 5.41 Å². The van der Waals surface area contributed by atoms with Crippen LogP contribution < -0.4 is 15.4 Å². The van der Waals surface area contributed by atoms with Crippen molar-refractivity contribution in [2.45, 2.75) is 19.6 Å². The van der Waals surface area contributed by atoms with Crippen LogP contribution in [0.25, 0.3) is 0 Å². The van der Waals surface area contributed by atoms with Gasteiger partial charge < -0.3 is 20.8 Å². The molecule has 3 aromatic rings. The number of anilines is 2. The molecule has 0 aliphatic carbocycles. The van der Waals surface area contributed by atoms with Crippen LogP contribution in [-0.4, -0.2) is 28.7 Å². The van der Waals surface area contributed by atoms with Crippen LogP contribution >= 0.6 is 11.6 Å². The highest BCUT2D eigenvalue weighted by molar-refractivity contribution is 6.38. The molecule has 0 saturated carbocycles. The summed E-state index contributed by atoms with van der Waals surface area (Å²) < 4.78 is 43.2. The van der Waals surface area contributed by atoms with Gasteiger partial charge in [-0.2, -0.15) is 13.2 Å². The van der Waals surface area contributed by atoms with E-state index in [1.165, 1.54) is 20.2 Å². The Morgan fingerprint density at radius 2 is 1.82 bits per heavy atom. The van der Waals surface area contributed by atoms with Gasteiger partial charge in [-0.05, 0) is 36.8 Å². The van der Waals surface area contributed by atoms with E-state index >= 15 is 0 Å². The molecule has 1 aromatic carbocycles. The van der Waals surface area contributed by atoms with Crippen molar-refractivity contribution in [2.75, 3.05) is 17.7 Å². The highest BCUT2D eigenvalue weighted by Crippen LogP contribution is 2.31. The van der Waals surface area contributed by atoms with Crippen LogP contribution in [0.15, 0.2) is 48.8 Å². The molecule has 2 heterocycles. The minimum Gasteiger partial charge on any atom is -0.481 e. The molecule has 3 rings (SSSR count). The number of halogens is 4. The number of hydrogen-bond acceptors (Lipinski definition) is 6. The van der Waals surface area contributed by atoms with Crippen LogP contribution in [0.4, 0.5) is 24.7 Å². The summed E-state index contributed by atoms with van der Waals surface area (Å²) in [4.78, 5) is 21.0. The third-order valence-electron chi connectivity index (χ3n) is 4.57. The topological polar surface area (TPSA) is 100.0 Å². The Hall–Kier alpha value is -3.66. The van der Waals surface area contributed by atoms with Gasteiger partial charge in [-0.25, -0.2) is 9.97 Å². The van der Waals surface area contributed by atoms with E-state index in [0.29, 0.717) is 18.2 Å². The molecule has 0 aliphatic heterocycles. The number of alkyl halides is 3. The molecule has 33 heavy (non-hydrogen) atoms. The summed E-state index contributed by atoms with van der Waals surface area (Å²) in [6, 6.07) is 7.53. The Morgan fingerprint density at radius 3 is 2.36 bits per heavy atom. The molecule has 0 spiro atoms. The van der Waals surface area contributed by atoms with Gasteiger partial charge in [-0.1, -0.05) is 17.7 Å². The fraction of sp³-hybridized carbons (Fsp3) is 0.182. The Bertz CT molecular complexity index is 1170. The van der Waals surface area contributed by atoms with Gasteiger partial charge in [0.15, 0.2) is 0 Å². The molecule has 0 atom stereocenters. The highest BCUT2D eigenvalue weighted by atomic mass is 35.5. The van der Waals surface area contributed by atoms with Gasteiger partial charge in [-0.3, -0.25) is 4.79 Å². The third-order valence-corrected chi connectivity index (χ3v) is 4.96. The lowest BCUT2D eigenvalue weighted by Crippen LogP contribution is -2.16. The van der Waals surface area contributed by atoms with Crippen molar-refractivity contribution in [3.8, 4) is 5.88 Å². The fourth-order valence-electron chi connectivity index (χ4n) is 2.89. The van der Waals surface area contributed by atoms with Crippen molar-refractivity contribution < 1.29 is 22.7 Å². The average Bonchev–Trinajstić information content (AvgIpc) is 2.77. The molecular weight excluding hydrogens is 459 g/mol. The van der Waals surface area contributed by atoms with Crippen molar-refractivity contribution in [1.82, 2.24) is 9.97 Å². The first kappa shape index (κ1) is 24.0. The van der Waals surface area contributed by atoms with Crippen LogP contribution in [0.5, 0.6) is 5.88 Å². The zero-order valence-electron chi connectivity index (χ0n) is 17.5. The van der Waals surface area contributed by atoms with Crippen LogP contribution in [0.2, 0.25) is 5.02 Å². The first-order chi connectivity index (χ1) is 15.6. The van der Waals surface area contributed by atoms with E-state index in [1.807, 2.05) is 6.07 Å². The van der Waals surface area contributed by atoms with E-state index in [2.05, 4.69) is 20.6 Å². The average molecular weight is 478 g/mol. The molecule has 0 aliphatic rings. The SMILES string of the molecule is COc1ccc(CNc2ncc(C(=O)Nc3ccc(C(F)(F)F)cc3)c(Cl)c2C(C)=N)cn1. The molecule has 1 amide bonds. The number of carbonyl (C=O) groups excluding carboxylic acids is 1. The van der Waals surface area contributed by atoms with Gasteiger partial charge in [0.2, 0.25) is 5.88 Å². The lowest BCUT2D eigenvalue weighted by atomic mass is 10.1. The molecule has 0 fully saturated rings. The smallest absolute Gasteiger partial charge is 0.416 e. The second kappa shape index (κ2) is 9.86. The standard InChI is InChI=1S/C22H19ClF3N5O2/c1-12(27)18-19(23)16(21(32)31-15-6-4-14(5-7-15)22(24,25)26)11-30-20(18)29-10-13-3-8-17(33-2)28-9-13/h3-9,11,27H,10H2,1-2H3,(H,29,30)(H,31,32). The molecular formula is C22H19ClF3N5O2. The number of benzene rings is 1. The molecule has 2 aromatic heterocycles. The summed E-state index contributed by atoms with van der Waals surface area (Å²) in [5.74, 6) is 0.106. The minimum atomic E-state index is -4.48. The fourth-order valence-corrected chi connectivity index (χ4v) is 3.25. The number of pyridine rings is 2. The van der Waals surface area contributed by atoms with Crippen molar-refractivity contribution in [1.29, 1.82) is 5.41 Å². The first-order valence-electron chi connectivity index (χ1n) is 9.55. The highest BCUT2D eigenvalue weighted by Gasteiger charge is 2.30. The maximum absolute atomic E-state index is 12.7. The molecule has 3 N–H and O–H groups in total. The van der Waals surface area contributed by atoms with Crippen molar-refractivity contribution in [3.63, 3.8) is 0 Å². The Morgan fingerprint density at radius 1 is 1.12 bits per heavy atom. The lowest BCUT2D eigenvalue weighted by molar-refractivity contribution is -0.137. The molecule has 7 nitrogen and oxygen atoms in total. The number of amides is 1. The minimum absolute atomic E-state index is 0.00253. The zero-order chi connectivity index (χ0) is 24.2. The number of nitrogens with one attached hydrogen (secondary N) is 3. The van der Waals surface area contributed by atoms with Gasteiger partial charge in [0, 0.05) is 36.4 Å². The van der Waals surface area contributed by atoms with E-state index in [0.717, 1.165) is 29.8 Å². The van der Waals surface area contributed by atoms with Gasteiger partial charge >= 0.3 is 6.18 Å². The molecule has 0 bridgehead atoms. The largest absolute Gasteiger partial charge is 0.481 e. The number of ether oxygens (including phenoxy) is 1. The van der Waals surface area contributed by atoms with Crippen LogP contribution in [-0.2, 0) is 12.7 Å². The molecule has 0 saturated heterocycles. The zero-order valence-corrected chi connectivity index (χ0v) is 18.3. The summed E-state index contributed by atoms with van der Waals surface area (Å²) in [7, 11) is 1.51.